The maximum atomic E-state index is 13.3. The smallest absolute Gasteiger partial charge is 0.303 e. The number of unbranched alkanes of at least 4 members (excludes halogenated alkanes) is 4. The van der Waals surface area contributed by atoms with Crippen LogP contribution in [0, 0.1) is 5.82 Å². The molecule has 0 saturated carbocycles. The molecule has 1 rings (SSSR count). The van der Waals surface area contributed by atoms with Crippen molar-refractivity contribution in [2.24, 2.45) is 0 Å². The van der Waals surface area contributed by atoms with Crippen LogP contribution in [0.1, 0.15) is 44.1 Å². The lowest BCUT2D eigenvalue weighted by Crippen LogP contribution is -2.21. The Morgan fingerprint density at radius 1 is 1.09 bits per heavy atom. The van der Waals surface area contributed by atoms with Crippen LogP contribution in [0.2, 0.25) is 0 Å². The van der Waals surface area contributed by atoms with E-state index < -0.39 is 5.97 Å². The molecule has 1 amide bonds. The van der Waals surface area contributed by atoms with Crippen LogP contribution in [0.5, 0.6) is 0 Å². The lowest BCUT2D eigenvalue weighted by molar-refractivity contribution is -0.137. The molecule has 0 bridgehead atoms. The number of aliphatic carboxylic acids is 1. The van der Waals surface area contributed by atoms with Gasteiger partial charge in [0, 0.05) is 24.6 Å². The summed E-state index contributed by atoms with van der Waals surface area (Å²) in [6.45, 7) is 0.569. The van der Waals surface area contributed by atoms with E-state index >= 15 is 0 Å². The van der Waals surface area contributed by atoms with Gasteiger partial charge in [0.15, 0.2) is 0 Å². The number of carboxylic acid groups (broad SMARTS) is 1. The average Bonchev–Trinajstić information content (AvgIpc) is 2.49. The molecule has 0 radical (unpaired) electrons. The summed E-state index contributed by atoms with van der Waals surface area (Å²) in [6.07, 6.45) is 7.37. The van der Waals surface area contributed by atoms with E-state index in [9.17, 15) is 14.0 Å². The van der Waals surface area contributed by atoms with E-state index in [1.165, 1.54) is 18.2 Å². The summed E-state index contributed by atoms with van der Waals surface area (Å²) in [5.74, 6) is -1.35. The standard InChI is InChI=1S/C17H22FNO3/c18-15-9-6-5-8-14(15)11-12-16(20)19-13-7-3-1-2-4-10-17(21)22/h5-6,8-9,11-12H,1-4,7,10,13H2,(H,19,20)(H,21,22). The van der Waals surface area contributed by atoms with Crippen LogP contribution in [0.3, 0.4) is 0 Å². The first-order valence-corrected chi connectivity index (χ1v) is 7.52. The Morgan fingerprint density at radius 2 is 1.77 bits per heavy atom. The van der Waals surface area contributed by atoms with Crippen LogP contribution >= 0.6 is 0 Å². The van der Waals surface area contributed by atoms with Gasteiger partial charge >= 0.3 is 5.97 Å². The molecule has 0 aliphatic heterocycles. The Kier molecular flexibility index (Phi) is 8.57. The number of carboxylic acids is 1. The van der Waals surface area contributed by atoms with Crippen molar-refractivity contribution in [1.29, 1.82) is 0 Å². The van der Waals surface area contributed by atoms with Gasteiger partial charge in [-0.15, -0.1) is 0 Å². The fraction of sp³-hybridized carbons (Fsp3) is 0.412. The van der Waals surface area contributed by atoms with E-state index in [-0.39, 0.29) is 18.1 Å². The molecule has 0 aromatic heterocycles. The molecule has 0 fully saturated rings. The molecule has 4 nitrogen and oxygen atoms in total. The second kappa shape index (κ2) is 10.5. The van der Waals surface area contributed by atoms with Gasteiger partial charge in [-0.3, -0.25) is 9.59 Å². The molecule has 0 saturated heterocycles. The predicted molar refractivity (Wildman–Crippen MR) is 83.8 cm³/mol. The van der Waals surface area contributed by atoms with Crippen molar-refractivity contribution in [2.45, 2.75) is 38.5 Å². The third kappa shape index (κ3) is 8.19. The van der Waals surface area contributed by atoms with Crippen molar-refractivity contribution in [3.8, 4) is 0 Å². The van der Waals surface area contributed by atoms with Crippen molar-refractivity contribution in [3.63, 3.8) is 0 Å². The summed E-state index contributed by atoms with van der Waals surface area (Å²) in [5.41, 5.74) is 0.385. The molecular weight excluding hydrogens is 285 g/mol. The summed E-state index contributed by atoms with van der Waals surface area (Å²) in [7, 11) is 0. The van der Waals surface area contributed by atoms with Gasteiger partial charge in [-0.1, -0.05) is 37.5 Å². The number of nitrogens with one attached hydrogen (secondary N) is 1. The van der Waals surface area contributed by atoms with E-state index in [4.69, 9.17) is 5.11 Å². The van der Waals surface area contributed by atoms with Crippen molar-refractivity contribution >= 4 is 18.0 Å². The largest absolute Gasteiger partial charge is 0.481 e. The molecule has 1 aromatic carbocycles. The quantitative estimate of drug-likeness (QED) is 0.514. The Labute approximate surface area is 130 Å². The molecule has 0 unspecified atom stereocenters. The molecule has 0 spiro atoms. The molecule has 5 heteroatoms. The minimum Gasteiger partial charge on any atom is -0.481 e. The van der Waals surface area contributed by atoms with Crippen LogP contribution < -0.4 is 5.32 Å². The minimum absolute atomic E-state index is 0.220. The predicted octanol–water partition coefficient (Wildman–Crippen LogP) is 3.38. The van der Waals surface area contributed by atoms with Crippen molar-refractivity contribution < 1.29 is 19.1 Å². The minimum atomic E-state index is -0.756. The van der Waals surface area contributed by atoms with Gasteiger partial charge in [0.25, 0.3) is 0 Å². The van der Waals surface area contributed by atoms with E-state index in [1.807, 2.05) is 0 Å². The number of carbonyl (C=O) groups excluding carboxylic acids is 1. The lowest BCUT2D eigenvalue weighted by Gasteiger charge is -2.02. The van der Waals surface area contributed by atoms with Gasteiger partial charge in [-0.25, -0.2) is 4.39 Å². The van der Waals surface area contributed by atoms with Crippen LogP contribution in [0.25, 0.3) is 6.08 Å². The third-order valence-electron chi connectivity index (χ3n) is 3.19. The molecule has 2 N–H and O–H groups in total. The Hall–Kier alpha value is -2.17. The maximum absolute atomic E-state index is 13.3. The normalized spacial score (nSPS) is 10.8. The topological polar surface area (TPSA) is 66.4 Å². The summed E-state index contributed by atoms with van der Waals surface area (Å²) in [5, 5.41) is 11.2. The Bertz CT molecular complexity index is 514. The molecule has 120 valence electrons. The van der Waals surface area contributed by atoms with Crippen LogP contribution in [0.15, 0.2) is 30.3 Å². The molecule has 0 aliphatic rings. The summed E-state index contributed by atoms with van der Waals surface area (Å²) in [4.78, 5) is 21.9. The fourth-order valence-electron chi connectivity index (χ4n) is 1.98. The number of halogens is 1. The molecule has 22 heavy (non-hydrogen) atoms. The second-order valence-corrected chi connectivity index (χ2v) is 5.06. The Morgan fingerprint density at radius 3 is 2.50 bits per heavy atom. The van der Waals surface area contributed by atoms with Crippen molar-refractivity contribution in [2.75, 3.05) is 6.54 Å². The molecule has 0 atom stereocenters. The van der Waals surface area contributed by atoms with E-state index in [0.717, 1.165) is 25.7 Å². The second-order valence-electron chi connectivity index (χ2n) is 5.06. The zero-order valence-electron chi connectivity index (χ0n) is 12.6. The van der Waals surface area contributed by atoms with Gasteiger partial charge < -0.3 is 10.4 Å². The van der Waals surface area contributed by atoms with E-state index in [1.54, 1.807) is 18.2 Å². The summed E-state index contributed by atoms with van der Waals surface area (Å²) >= 11 is 0. The fourth-order valence-corrected chi connectivity index (χ4v) is 1.98. The monoisotopic (exact) mass is 307 g/mol. The molecule has 1 aromatic rings. The van der Waals surface area contributed by atoms with Gasteiger partial charge in [0.2, 0.25) is 5.91 Å². The van der Waals surface area contributed by atoms with Crippen LogP contribution in [0.4, 0.5) is 4.39 Å². The van der Waals surface area contributed by atoms with Crippen molar-refractivity contribution in [3.05, 3.63) is 41.7 Å². The van der Waals surface area contributed by atoms with Crippen LogP contribution in [-0.2, 0) is 9.59 Å². The zero-order valence-corrected chi connectivity index (χ0v) is 12.6. The Balaban J connectivity index is 2.09. The van der Waals surface area contributed by atoms with E-state index in [0.29, 0.717) is 18.5 Å². The number of hydrogen-bond donors (Lipinski definition) is 2. The number of carbonyl (C=O) groups is 2. The maximum Gasteiger partial charge on any atom is 0.303 e. The first kappa shape index (κ1) is 17.9. The number of amides is 1. The van der Waals surface area contributed by atoms with E-state index in [2.05, 4.69) is 5.32 Å². The highest BCUT2D eigenvalue weighted by Crippen LogP contribution is 2.08. The highest BCUT2D eigenvalue weighted by molar-refractivity contribution is 5.91. The van der Waals surface area contributed by atoms with Gasteiger partial charge in [-0.2, -0.15) is 0 Å². The third-order valence-corrected chi connectivity index (χ3v) is 3.19. The number of hydrogen-bond acceptors (Lipinski definition) is 2. The van der Waals surface area contributed by atoms with Crippen molar-refractivity contribution in [1.82, 2.24) is 5.32 Å². The van der Waals surface area contributed by atoms with Gasteiger partial charge in [0.05, 0.1) is 0 Å². The first-order valence-electron chi connectivity index (χ1n) is 7.52. The summed E-state index contributed by atoms with van der Waals surface area (Å²) in [6, 6.07) is 6.27. The van der Waals surface area contributed by atoms with Crippen LogP contribution in [-0.4, -0.2) is 23.5 Å². The number of rotatable bonds is 10. The summed E-state index contributed by atoms with van der Waals surface area (Å²) < 4.78 is 13.3. The molecule has 0 heterocycles. The lowest BCUT2D eigenvalue weighted by atomic mass is 10.1. The number of benzene rings is 1. The highest BCUT2D eigenvalue weighted by Gasteiger charge is 1.99. The SMILES string of the molecule is O=C(O)CCCCCCCNC(=O)C=Cc1ccccc1F. The molecular formula is C17H22FNO3. The first-order chi connectivity index (χ1) is 10.6. The van der Waals surface area contributed by atoms with Gasteiger partial charge in [-0.05, 0) is 25.0 Å². The van der Waals surface area contributed by atoms with Gasteiger partial charge in [0.1, 0.15) is 5.82 Å². The zero-order chi connectivity index (χ0) is 16.2. The molecule has 0 aliphatic carbocycles. The average molecular weight is 307 g/mol. The highest BCUT2D eigenvalue weighted by atomic mass is 19.1.